The second-order valence-electron chi connectivity index (χ2n) is 8.22. The van der Waals surface area contributed by atoms with Crippen LogP contribution < -0.4 is 0 Å². The van der Waals surface area contributed by atoms with E-state index in [4.69, 9.17) is 0 Å². The highest BCUT2D eigenvalue weighted by Crippen LogP contribution is 2.37. The van der Waals surface area contributed by atoms with Gasteiger partial charge in [0, 0.05) is 16.3 Å². The van der Waals surface area contributed by atoms with E-state index >= 15 is 0 Å². The van der Waals surface area contributed by atoms with E-state index in [0.29, 0.717) is 0 Å². The number of nitrogens with zero attached hydrogens (tertiary/aromatic N) is 1. The van der Waals surface area contributed by atoms with Crippen molar-refractivity contribution >= 4 is 34.0 Å². The summed E-state index contributed by atoms with van der Waals surface area (Å²) in [7, 11) is 0. The molecular weight excluding hydrogens is 398 g/mol. The van der Waals surface area contributed by atoms with Gasteiger partial charge in [0.1, 0.15) is 0 Å². The van der Waals surface area contributed by atoms with Crippen LogP contribution in [0.4, 0.5) is 0 Å². The maximum absolute atomic E-state index is 2.40. The molecule has 156 valence electrons. The number of hydrogen-bond donors (Lipinski definition) is 0. The Morgan fingerprint density at radius 2 is 0.970 bits per heavy atom. The molecule has 6 rings (SSSR count). The van der Waals surface area contributed by atoms with Crippen molar-refractivity contribution in [3.63, 3.8) is 0 Å². The molecule has 6 aromatic rings. The fourth-order valence-corrected chi connectivity index (χ4v) is 4.72. The van der Waals surface area contributed by atoms with Crippen LogP contribution in [0.3, 0.4) is 0 Å². The average Bonchev–Trinajstić information content (AvgIpc) is 3.23. The zero-order valence-corrected chi connectivity index (χ0v) is 18.2. The van der Waals surface area contributed by atoms with Gasteiger partial charge in [-0.3, -0.25) is 0 Å². The van der Waals surface area contributed by atoms with Gasteiger partial charge in [-0.05, 0) is 34.9 Å². The molecule has 1 heteroatoms. The molecule has 0 aliphatic carbocycles. The highest BCUT2D eigenvalue weighted by molar-refractivity contribution is 6.09. The summed E-state index contributed by atoms with van der Waals surface area (Å²) in [4.78, 5) is 0. The molecule has 0 bridgehead atoms. The molecule has 0 saturated heterocycles. The average molecular weight is 422 g/mol. The van der Waals surface area contributed by atoms with Gasteiger partial charge in [0.2, 0.25) is 0 Å². The van der Waals surface area contributed by atoms with Crippen molar-refractivity contribution in [1.29, 1.82) is 0 Å². The second-order valence-corrected chi connectivity index (χ2v) is 8.22. The zero-order chi connectivity index (χ0) is 22.0. The topological polar surface area (TPSA) is 4.93 Å². The molecule has 1 nitrogen and oxygen atoms in total. The minimum atomic E-state index is 1.19. The number of rotatable bonds is 4. The Labute approximate surface area is 193 Å². The van der Waals surface area contributed by atoms with Crippen molar-refractivity contribution in [2.75, 3.05) is 0 Å². The Morgan fingerprint density at radius 3 is 1.70 bits per heavy atom. The first-order valence-electron chi connectivity index (χ1n) is 11.3. The largest absolute Gasteiger partial charge is 0.309 e. The fourth-order valence-electron chi connectivity index (χ4n) is 4.72. The number of hydrogen-bond acceptors (Lipinski definition) is 0. The Balaban J connectivity index is 1.58. The van der Waals surface area contributed by atoms with Gasteiger partial charge >= 0.3 is 0 Å². The predicted molar refractivity (Wildman–Crippen MR) is 142 cm³/mol. The van der Waals surface area contributed by atoms with Crippen molar-refractivity contribution in [1.82, 2.24) is 4.57 Å². The minimum absolute atomic E-state index is 1.19. The molecule has 0 N–H and O–H groups in total. The number of aromatic nitrogens is 1. The first-order chi connectivity index (χ1) is 16.4. The van der Waals surface area contributed by atoms with Crippen molar-refractivity contribution in [3.8, 4) is 16.8 Å². The van der Waals surface area contributed by atoms with Crippen molar-refractivity contribution in [3.05, 3.63) is 139 Å². The van der Waals surface area contributed by atoms with Gasteiger partial charge in [0.15, 0.2) is 0 Å². The molecule has 0 unspecified atom stereocenters. The van der Waals surface area contributed by atoms with Gasteiger partial charge in [0.25, 0.3) is 0 Å². The van der Waals surface area contributed by atoms with Gasteiger partial charge in [-0.15, -0.1) is 0 Å². The standard InChI is InChI=1S/C32H23N/c1-2-12-24(13-3-1)22-23-25-14-4-5-15-26(25)27-16-6-9-19-30(27)33-31-20-10-7-17-28(31)29-18-8-11-21-32(29)33/h1-23H/b23-22+. The SMILES string of the molecule is C(=C\c1ccccc1-c1ccccc1-n1c2ccccc2c2ccccc21)/c1ccccc1. The van der Waals surface area contributed by atoms with E-state index in [1.165, 1.54) is 49.7 Å². The maximum atomic E-state index is 2.40. The minimum Gasteiger partial charge on any atom is -0.309 e. The molecule has 1 aromatic heterocycles. The maximum Gasteiger partial charge on any atom is 0.0541 e. The third-order valence-electron chi connectivity index (χ3n) is 6.23. The molecule has 33 heavy (non-hydrogen) atoms. The summed E-state index contributed by atoms with van der Waals surface area (Å²) in [5.41, 5.74) is 8.49. The van der Waals surface area contributed by atoms with Crippen molar-refractivity contribution < 1.29 is 0 Å². The quantitative estimate of drug-likeness (QED) is 0.251. The van der Waals surface area contributed by atoms with Gasteiger partial charge in [-0.2, -0.15) is 0 Å². The second kappa shape index (κ2) is 8.29. The van der Waals surface area contributed by atoms with E-state index in [2.05, 4.69) is 138 Å². The van der Waals surface area contributed by atoms with E-state index < -0.39 is 0 Å². The number of benzene rings is 5. The molecule has 0 atom stereocenters. The van der Waals surface area contributed by atoms with E-state index in [1.807, 2.05) is 6.07 Å². The Kier molecular flexibility index (Phi) is 4.86. The molecule has 1 heterocycles. The summed E-state index contributed by atoms with van der Waals surface area (Å²) in [5.74, 6) is 0. The third-order valence-corrected chi connectivity index (χ3v) is 6.23. The molecule has 0 radical (unpaired) electrons. The molecule has 0 spiro atoms. The zero-order valence-electron chi connectivity index (χ0n) is 18.2. The lowest BCUT2D eigenvalue weighted by Gasteiger charge is -2.15. The first kappa shape index (κ1) is 19.3. The first-order valence-corrected chi connectivity index (χ1v) is 11.3. The van der Waals surface area contributed by atoms with Gasteiger partial charge < -0.3 is 4.57 Å². The number of fused-ring (bicyclic) bond motifs is 3. The molecular formula is C32H23N. The monoisotopic (exact) mass is 421 g/mol. The highest BCUT2D eigenvalue weighted by Gasteiger charge is 2.15. The van der Waals surface area contributed by atoms with Gasteiger partial charge in [0.05, 0.1) is 16.7 Å². The molecule has 0 aliphatic heterocycles. The van der Waals surface area contributed by atoms with Crippen LogP contribution in [0.15, 0.2) is 127 Å². The van der Waals surface area contributed by atoms with Gasteiger partial charge in [-0.1, -0.05) is 121 Å². The normalized spacial score (nSPS) is 11.5. The van der Waals surface area contributed by atoms with E-state index in [9.17, 15) is 0 Å². The third kappa shape index (κ3) is 3.44. The Hall–Kier alpha value is -4.36. The summed E-state index contributed by atoms with van der Waals surface area (Å²) < 4.78 is 2.40. The summed E-state index contributed by atoms with van der Waals surface area (Å²) in [6, 6.07) is 45.2. The summed E-state index contributed by atoms with van der Waals surface area (Å²) in [6.45, 7) is 0. The highest BCUT2D eigenvalue weighted by atomic mass is 15.0. The predicted octanol–water partition coefficient (Wildman–Crippen LogP) is 8.62. The van der Waals surface area contributed by atoms with Crippen LogP contribution in [0.1, 0.15) is 11.1 Å². The van der Waals surface area contributed by atoms with Crippen LogP contribution in [-0.4, -0.2) is 4.57 Å². The lowest BCUT2D eigenvalue weighted by molar-refractivity contribution is 1.18. The molecule has 0 fully saturated rings. The molecule has 0 saturated carbocycles. The lowest BCUT2D eigenvalue weighted by atomic mass is 9.97. The van der Waals surface area contributed by atoms with Crippen LogP contribution in [0, 0.1) is 0 Å². The van der Waals surface area contributed by atoms with Gasteiger partial charge in [-0.25, -0.2) is 0 Å². The van der Waals surface area contributed by atoms with Crippen LogP contribution in [0.2, 0.25) is 0 Å². The Morgan fingerprint density at radius 1 is 0.424 bits per heavy atom. The molecule has 0 aliphatic rings. The van der Waals surface area contributed by atoms with E-state index in [-0.39, 0.29) is 0 Å². The lowest BCUT2D eigenvalue weighted by Crippen LogP contribution is -1.97. The van der Waals surface area contributed by atoms with Crippen LogP contribution in [0.5, 0.6) is 0 Å². The van der Waals surface area contributed by atoms with E-state index in [0.717, 1.165) is 0 Å². The summed E-state index contributed by atoms with van der Waals surface area (Å²) in [5, 5.41) is 2.56. The fraction of sp³-hybridized carbons (Fsp3) is 0. The molecule has 5 aromatic carbocycles. The Bertz CT molecular complexity index is 1550. The van der Waals surface area contributed by atoms with Crippen molar-refractivity contribution in [2.45, 2.75) is 0 Å². The van der Waals surface area contributed by atoms with E-state index in [1.54, 1.807) is 0 Å². The smallest absolute Gasteiger partial charge is 0.0541 e. The van der Waals surface area contributed by atoms with Crippen molar-refractivity contribution in [2.24, 2.45) is 0 Å². The molecule has 0 amide bonds. The van der Waals surface area contributed by atoms with Crippen LogP contribution in [-0.2, 0) is 0 Å². The van der Waals surface area contributed by atoms with Crippen LogP contribution >= 0.6 is 0 Å². The summed E-state index contributed by atoms with van der Waals surface area (Å²) >= 11 is 0. The summed E-state index contributed by atoms with van der Waals surface area (Å²) in [6.07, 6.45) is 4.40. The van der Waals surface area contributed by atoms with Crippen LogP contribution in [0.25, 0.3) is 50.8 Å². The number of para-hydroxylation sites is 3.